The quantitative estimate of drug-likeness (QED) is 0.805. The van der Waals surface area contributed by atoms with Crippen LogP contribution in [-0.4, -0.2) is 21.2 Å². The van der Waals surface area contributed by atoms with Gasteiger partial charge in [-0.1, -0.05) is 18.2 Å². The highest BCUT2D eigenvalue weighted by atomic mass is 16.4. The monoisotopic (exact) mass is 215 g/mol. The Morgan fingerprint density at radius 3 is 2.62 bits per heavy atom. The number of aromatic carboxylic acids is 1. The van der Waals surface area contributed by atoms with Gasteiger partial charge in [0.1, 0.15) is 5.75 Å². The molecule has 2 aromatic rings. The lowest BCUT2D eigenvalue weighted by atomic mass is 10.1. The minimum absolute atomic E-state index is 0.0979. The molecule has 2 N–H and O–H groups in total. The molecule has 0 atom stereocenters. The van der Waals surface area contributed by atoms with Crippen LogP contribution in [0.1, 0.15) is 10.4 Å². The van der Waals surface area contributed by atoms with Gasteiger partial charge in [-0.05, 0) is 12.1 Å². The summed E-state index contributed by atoms with van der Waals surface area (Å²) in [7, 11) is 0. The summed E-state index contributed by atoms with van der Waals surface area (Å²) in [6.45, 7) is 0. The van der Waals surface area contributed by atoms with Gasteiger partial charge in [0.2, 0.25) is 0 Å². The van der Waals surface area contributed by atoms with Crippen LogP contribution >= 0.6 is 0 Å². The lowest BCUT2D eigenvalue weighted by molar-refractivity contribution is 0.0696. The highest BCUT2D eigenvalue weighted by Crippen LogP contribution is 2.28. The van der Waals surface area contributed by atoms with Crippen LogP contribution in [-0.2, 0) is 0 Å². The van der Waals surface area contributed by atoms with E-state index < -0.39 is 5.97 Å². The number of carbonyl (C=O) groups is 1. The Morgan fingerprint density at radius 1 is 1.19 bits per heavy atom. The third kappa shape index (κ3) is 1.86. The van der Waals surface area contributed by atoms with Gasteiger partial charge in [-0.15, -0.1) is 0 Å². The van der Waals surface area contributed by atoms with Crippen LogP contribution in [0.4, 0.5) is 0 Å². The molecule has 0 bridgehead atoms. The Balaban J connectivity index is 2.53. The second-order valence-electron chi connectivity index (χ2n) is 3.28. The maximum absolute atomic E-state index is 10.8. The molecule has 0 aliphatic carbocycles. The fraction of sp³-hybridized carbons (Fsp3) is 0. The van der Waals surface area contributed by atoms with Crippen molar-refractivity contribution in [3.8, 4) is 16.9 Å². The van der Waals surface area contributed by atoms with Crippen LogP contribution in [0.25, 0.3) is 11.1 Å². The largest absolute Gasteiger partial charge is 0.507 e. The molecule has 16 heavy (non-hydrogen) atoms. The number of carboxylic acids is 1. The van der Waals surface area contributed by atoms with Crippen molar-refractivity contribution in [2.24, 2.45) is 0 Å². The van der Waals surface area contributed by atoms with Crippen molar-refractivity contribution in [2.75, 3.05) is 0 Å². The first-order valence-electron chi connectivity index (χ1n) is 4.65. The molecule has 0 saturated carbocycles. The van der Waals surface area contributed by atoms with E-state index in [2.05, 4.69) is 4.98 Å². The molecule has 4 heteroatoms. The number of rotatable bonds is 2. The maximum atomic E-state index is 10.8. The number of phenolic OH excluding ortho intramolecular Hbond substituents is 1. The molecule has 0 saturated heterocycles. The van der Waals surface area contributed by atoms with Crippen molar-refractivity contribution in [1.82, 2.24) is 4.98 Å². The number of phenols is 1. The summed E-state index contributed by atoms with van der Waals surface area (Å²) >= 11 is 0. The molecule has 4 nitrogen and oxygen atoms in total. The van der Waals surface area contributed by atoms with E-state index >= 15 is 0 Å². The summed E-state index contributed by atoms with van der Waals surface area (Å²) in [5.41, 5.74) is 1.25. The molecular weight excluding hydrogens is 206 g/mol. The second-order valence-corrected chi connectivity index (χ2v) is 3.28. The van der Waals surface area contributed by atoms with E-state index in [1.807, 2.05) is 0 Å². The molecule has 80 valence electrons. The van der Waals surface area contributed by atoms with E-state index in [0.29, 0.717) is 11.1 Å². The normalized spacial score (nSPS) is 10.0. The highest BCUT2D eigenvalue weighted by Gasteiger charge is 2.07. The molecular formula is C12H9NO3. The minimum atomic E-state index is -1.04. The average Bonchev–Trinajstić information content (AvgIpc) is 2.30. The van der Waals surface area contributed by atoms with Crippen LogP contribution in [0.15, 0.2) is 42.7 Å². The molecule has 0 unspecified atom stereocenters. The van der Waals surface area contributed by atoms with Gasteiger partial charge in [0.15, 0.2) is 0 Å². The second kappa shape index (κ2) is 4.02. The minimum Gasteiger partial charge on any atom is -0.507 e. The fourth-order valence-corrected chi connectivity index (χ4v) is 1.42. The smallest absolute Gasteiger partial charge is 0.337 e. The number of aromatic nitrogens is 1. The van der Waals surface area contributed by atoms with E-state index in [0.717, 1.165) is 0 Å². The summed E-state index contributed by atoms with van der Waals surface area (Å²) in [5.74, 6) is -0.934. The molecule has 0 radical (unpaired) electrons. The van der Waals surface area contributed by atoms with Crippen molar-refractivity contribution in [3.63, 3.8) is 0 Å². The topological polar surface area (TPSA) is 70.4 Å². The summed E-state index contributed by atoms with van der Waals surface area (Å²) in [5, 5.41) is 18.4. The molecule has 1 aromatic carbocycles. The van der Waals surface area contributed by atoms with Gasteiger partial charge < -0.3 is 10.2 Å². The molecule has 0 fully saturated rings. The summed E-state index contributed by atoms with van der Waals surface area (Å²) in [6, 6.07) is 8.20. The molecule has 1 aromatic heterocycles. The van der Waals surface area contributed by atoms with Crippen LogP contribution in [0.5, 0.6) is 5.75 Å². The zero-order valence-corrected chi connectivity index (χ0v) is 8.29. The third-order valence-corrected chi connectivity index (χ3v) is 2.20. The van der Waals surface area contributed by atoms with Gasteiger partial charge in [-0.3, -0.25) is 4.98 Å². The predicted octanol–water partition coefficient (Wildman–Crippen LogP) is 2.15. The first-order chi connectivity index (χ1) is 7.68. The van der Waals surface area contributed by atoms with E-state index in [-0.39, 0.29) is 11.3 Å². The van der Waals surface area contributed by atoms with Crippen molar-refractivity contribution in [2.45, 2.75) is 0 Å². The maximum Gasteiger partial charge on any atom is 0.337 e. The number of para-hydroxylation sites is 1. The number of nitrogens with zero attached hydrogens (tertiary/aromatic N) is 1. The van der Waals surface area contributed by atoms with Gasteiger partial charge in [0.25, 0.3) is 0 Å². The van der Waals surface area contributed by atoms with E-state index in [1.54, 1.807) is 24.3 Å². The summed E-state index contributed by atoms with van der Waals surface area (Å²) in [6.07, 6.45) is 2.79. The van der Waals surface area contributed by atoms with Crippen LogP contribution in [0, 0.1) is 0 Å². The Labute approximate surface area is 91.8 Å². The van der Waals surface area contributed by atoms with E-state index in [4.69, 9.17) is 5.11 Å². The zero-order valence-electron chi connectivity index (χ0n) is 8.29. The summed E-state index contributed by atoms with van der Waals surface area (Å²) in [4.78, 5) is 14.6. The highest BCUT2D eigenvalue weighted by molar-refractivity contribution is 5.89. The number of benzene rings is 1. The van der Waals surface area contributed by atoms with Crippen LogP contribution in [0.2, 0.25) is 0 Å². The molecule has 0 aliphatic heterocycles. The Morgan fingerprint density at radius 2 is 1.94 bits per heavy atom. The first kappa shape index (κ1) is 10.2. The number of aromatic hydroxyl groups is 1. The summed E-state index contributed by atoms with van der Waals surface area (Å²) < 4.78 is 0. The molecule has 0 spiro atoms. The molecule has 0 amide bonds. The average molecular weight is 215 g/mol. The third-order valence-electron chi connectivity index (χ3n) is 2.20. The van der Waals surface area contributed by atoms with Crippen molar-refractivity contribution in [1.29, 1.82) is 0 Å². The number of carboxylic acid groups (broad SMARTS) is 1. The number of hydrogen-bond acceptors (Lipinski definition) is 3. The Hall–Kier alpha value is -2.36. The Bertz CT molecular complexity index is 537. The molecule has 0 aliphatic rings. The molecule has 1 heterocycles. The van der Waals surface area contributed by atoms with Gasteiger partial charge in [0, 0.05) is 23.5 Å². The van der Waals surface area contributed by atoms with Gasteiger partial charge in [0.05, 0.1) is 5.56 Å². The van der Waals surface area contributed by atoms with Crippen molar-refractivity contribution in [3.05, 3.63) is 48.3 Å². The first-order valence-corrected chi connectivity index (χ1v) is 4.65. The van der Waals surface area contributed by atoms with Gasteiger partial charge >= 0.3 is 5.97 Å². The predicted molar refractivity (Wildman–Crippen MR) is 58.3 cm³/mol. The van der Waals surface area contributed by atoms with Gasteiger partial charge in [-0.2, -0.15) is 0 Å². The SMILES string of the molecule is O=C(O)c1cncc(-c2ccccc2O)c1. The zero-order chi connectivity index (χ0) is 11.5. The Kier molecular flexibility index (Phi) is 2.55. The number of hydrogen-bond donors (Lipinski definition) is 2. The van der Waals surface area contributed by atoms with E-state index in [9.17, 15) is 9.90 Å². The fourth-order valence-electron chi connectivity index (χ4n) is 1.42. The number of pyridine rings is 1. The molecule has 2 rings (SSSR count). The lowest BCUT2D eigenvalue weighted by Gasteiger charge is -2.04. The standard InChI is InChI=1S/C12H9NO3/c14-11-4-2-1-3-10(11)8-5-9(12(15)16)7-13-6-8/h1-7,14H,(H,15,16). The van der Waals surface area contributed by atoms with Crippen molar-refractivity contribution < 1.29 is 15.0 Å². The van der Waals surface area contributed by atoms with Gasteiger partial charge in [-0.25, -0.2) is 4.79 Å². The van der Waals surface area contributed by atoms with Crippen molar-refractivity contribution >= 4 is 5.97 Å². The lowest BCUT2D eigenvalue weighted by Crippen LogP contribution is -1.97. The van der Waals surface area contributed by atoms with E-state index in [1.165, 1.54) is 18.5 Å². The van der Waals surface area contributed by atoms with Crippen LogP contribution in [0.3, 0.4) is 0 Å². The van der Waals surface area contributed by atoms with Crippen LogP contribution < -0.4 is 0 Å².